The fraction of sp³-hybridized carbons (Fsp3) is 0.214. The van der Waals surface area contributed by atoms with E-state index in [0.717, 1.165) is 12.0 Å². The molecular weight excluding hydrogens is 573 g/mol. The van der Waals surface area contributed by atoms with Gasteiger partial charge in [0.1, 0.15) is 23.7 Å². The van der Waals surface area contributed by atoms with Gasteiger partial charge in [-0.1, -0.05) is 36.8 Å². The summed E-state index contributed by atoms with van der Waals surface area (Å²) < 4.78 is 12.5. The normalized spacial score (nSPS) is 11.0. The third-order valence-corrected chi connectivity index (χ3v) is 6.71. The van der Waals surface area contributed by atoms with Crippen LogP contribution in [0.2, 0.25) is 0 Å². The summed E-state index contributed by atoms with van der Waals surface area (Å²) in [5.74, 6) is 0.146. The standard InChI is InChI=1S/C28H26INO6/c29-20-13-18(11-12-21(20)31)28(34)27-19-14-22(32)25(35-16-17-7-3-1-4-8-17)15-24(19)36-23(27)9-5-2-6-10-26(30)33/h1,3-4,7-8,11-15,31-32H,2,5-6,9-10,16H2,(H2,30,33). The van der Waals surface area contributed by atoms with Crippen molar-refractivity contribution in [2.24, 2.45) is 5.73 Å². The summed E-state index contributed by atoms with van der Waals surface area (Å²) in [6.45, 7) is 0.269. The molecule has 36 heavy (non-hydrogen) atoms. The van der Waals surface area contributed by atoms with E-state index in [4.69, 9.17) is 14.9 Å². The number of carbonyl (C=O) groups excluding carboxylic acids is 2. The number of aryl methyl sites for hydroxylation is 1. The monoisotopic (exact) mass is 599 g/mol. The molecule has 8 heteroatoms. The fourth-order valence-corrected chi connectivity index (χ4v) is 4.51. The lowest BCUT2D eigenvalue weighted by Crippen LogP contribution is -2.09. The third kappa shape index (κ3) is 5.99. The summed E-state index contributed by atoms with van der Waals surface area (Å²) in [5.41, 5.74) is 7.37. The molecule has 0 bridgehead atoms. The Balaban J connectivity index is 1.67. The Labute approximate surface area is 222 Å². The first-order chi connectivity index (χ1) is 17.3. The van der Waals surface area contributed by atoms with Crippen molar-refractivity contribution in [3.05, 3.63) is 86.7 Å². The maximum Gasteiger partial charge on any atom is 0.217 e. The van der Waals surface area contributed by atoms with E-state index in [1.807, 2.05) is 52.9 Å². The van der Waals surface area contributed by atoms with Gasteiger partial charge < -0.3 is 25.1 Å². The number of benzene rings is 3. The Bertz CT molecular complexity index is 1400. The molecule has 4 aromatic rings. The number of fused-ring (bicyclic) bond motifs is 1. The maximum atomic E-state index is 13.6. The first-order valence-electron chi connectivity index (χ1n) is 11.6. The quantitative estimate of drug-likeness (QED) is 0.113. The highest BCUT2D eigenvalue weighted by Crippen LogP contribution is 2.38. The lowest BCUT2D eigenvalue weighted by atomic mass is 9.97. The molecule has 186 valence electrons. The highest BCUT2D eigenvalue weighted by molar-refractivity contribution is 14.1. The Morgan fingerprint density at radius 1 is 0.944 bits per heavy atom. The number of ketones is 1. The Morgan fingerprint density at radius 3 is 2.44 bits per heavy atom. The maximum absolute atomic E-state index is 13.6. The number of halogens is 1. The van der Waals surface area contributed by atoms with Gasteiger partial charge in [-0.3, -0.25) is 9.59 Å². The van der Waals surface area contributed by atoms with Crippen molar-refractivity contribution in [1.82, 2.24) is 0 Å². The molecule has 4 N–H and O–H groups in total. The van der Waals surface area contributed by atoms with Gasteiger partial charge in [0, 0.05) is 29.9 Å². The number of unbranched alkanes of at least 4 members (excludes halogenated alkanes) is 2. The summed E-state index contributed by atoms with van der Waals surface area (Å²) >= 11 is 1.97. The van der Waals surface area contributed by atoms with Crippen molar-refractivity contribution < 1.29 is 29.0 Å². The van der Waals surface area contributed by atoms with Crippen molar-refractivity contribution in [3.63, 3.8) is 0 Å². The number of carbonyl (C=O) groups is 2. The predicted molar refractivity (Wildman–Crippen MR) is 144 cm³/mol. The van der Waals surface area contributed by atoms with Crippen LogP contribution in [0.1, 0.15) is 52.9 Å². The number of phenolic OH excluding ortho intramolecular Hbond substituents is 2. The van der Waals surface area contributed by atoms with E-state index in [0.29, 0.717) is 57.1 Å². The van der Waals surface area contributed by atoms with E-state index in [9.17, 15) is 19.8 Å². The molecule has 1 aromatic heterocycles. The Morgan fingerprint density at radius 2 is 1.72 bits per heavy atom. The number of hydrogen-bond donors (Lipinski definition) is 3. The van der Waals surface area contributed by atoms with Crippen molar-refractivity contribution in [3.8, 4) is 17.2 Å². The van der Waals surface area contributed by atoms with Crippen LogP contribution in [0.3, 0.4) is 0 Å². The second kappa shape index (κ2) is 11.5. The molecule has 0 aliphatic carbocycles. The molecular formula is C28H26INO6. The summed E-state index contributed by atoms with van der Waals surface area (Å²) in [6.07, 6.45) is 2.90. The third-order valence-electron chi connectivity index (χ3n) is 5.84. The number of hydrogen-bond acceptors (Lipinski definition) is 6. The minimum atomic E-state index is -0.338. The fourth-order valence-electron chi connectivity index (χ4n) is 3.99. The number of phenols is 2. The van der Waals surface area contributed by atoms with E-state index in [1.54, 1.807) is 18.2 Å². The number of rotatable bonds is 11. The van der Waals surface area contributed by atoms with E-state index >= 15 is 0 Å². The van der Waals surface area contributed by atoms with E-state index in [-0.39, 0.29) is 35.5 Å². The number of ether oxygens (including phenoxy) is 1. The van der Waals surface area contributed by atoms with Crippen LogP contribution in [0.4, 0.5) is 0 Å². The average molecular weight is 599 g/mol. The van der Waals surface area contributed by atoms with Crippen LogP contribution < -0.4 is 10.5 Å². The lowest BCUT2D eigenvalue weighted by molar-refractivity contribution is -0.118. The van der Waals surface area contributed by atoms with Gasteiger partial charge in [-0.15, -0.1) is 0 Å². The summed E-state index contributed by atoms with van der Waals surface area (Å²) in [4.78, 5) is 24.6. The second-order valence-electron chi connectivity index (χ2n) is 8.51. The van der Waals surface area contributed by atoms with Gasteiger partial charge in [0.15, 0.2) is 17.3 Å². The minimum absolute atomic E-state index is 0.0942. The SMILES string of the molecule is NC(=O)CCCCCc1oc2cc(OCc3ccccc3)c(O)cc2c1C(=O)c1ccc(O)c(I)c1. The van der Waals surface area contributed by atoms with Gasteiger partial charge in [-0.2, -0.15) is 0 Å². The lowest BCUT2D eigenvalue weighted by Gasteiger charge is -2.08. The van der Waals surface area contributed by atoms with E-state index in [1.165, 1.54) is 12.1 Å². The number of nitrogens with two attached hydrogens (primary N) is 1. The molecule has 0 radical (unpaired) electrons. The van der Waals surface area contributed by atoms with Crippen molar-refractivity contribution >= 4 is 45.3 Å². The van der Waals surface area contributed by atoms with Crippen LogP contribution in [0.15, 0.2) is 65.1 Å². The van der Waals surface area contributed by atoms with Crippen LogP contribution in [-0.4, -0.2) is 21.9 Å². The topological polar surface area (TPSA) is 123 Å². The molecule has 4 rings (SSSR count). The molecule has 0 unspecified atom stereocenters. The first-order valence-corrected chi connectivity index (χ1v) is 12.7. The molecule has 3 aromatic carbocycles. The molecule has 0 saturated heterocycles. The first kappa shape index (κ1) is 25.6. The molecule has 0 aliphatic rings. The Hall–Kier alpha value is -3.53. The highest BCUT2D eigenvalue weighted by Gasteiger charge is 2.24. The van der Waals surface area contributed by atoms with Gasteiger partial charge in [-0.05, 0) is 65.3 Å². The Kier molecular flexibility index (Phi) is 8.14. The summed E-state index contributed by atoms with van der Waals surface area (Å²) in [6, 6.07) is 17.3. The second-order valence-corrected chi connectivity index (χ2v) is 9.68. The van der Waals surface area contributed by atoms with Gasteiger partial charge in [-0.25, -0.2) is 0 Å². The number of furan rings is 1. The van der Waals surface area contributed by atoms with Crippen LogP contribution >= 0.6 is 22.6 Å². The molecule has 1 heterocycles. The molecule has 0 spiro atoms. The molecule has 0 saturated carbocycles. The zero-order valence-corrected chi connectivity index (χ0v) is 21.7. The summed E-state index contributed by atoms with van der Waals surface area (Å²) in [7, 11) is 0. The zero-order chi connectivity index (χ0) is 25.7. The van der Waals surface area contributed by atoms with Gasteiger partial charge in [0.25, 0.3) is 0 Å². The largest absolute Gasteiger partial charge is 0.507 e. The highest BCUT2D eigenvalue weighted by atomic mass is 127. The zero-order valence-electron chi connectivity index (χ0n) is 19.5. The molecule has 7 nitrogen and oxygen atoms in total. The number of aromatic hydroxyl groups is 2. The van der Waals surface area contributed by atoms with E-state index < -0.39 is 0 Å². The number of primary amides is 1. The number of amides is 1. The van der Waals surface area contributed by atoms with Crippen molar-refractivity contribution in [2.75, 3.05) is 0 Å². The minimum Gasteiger partial charge on any atom is -0.507 e. The summed E-state index contributed by atoms with van der Waals surface area (Å²) in [5, 5.41) is 21.1. The van der Waals surface area contributed by atoms with Crippen LogP contribution in [0, 0.1) is 3.57 Å². The molecule has 0 aliphatic heterocycles. The van der Waals surface area contributed by atoms with E-state index in [2.05, 4.69) is 0 Å². The van der Waals surface area contributed by atoms with Gasteiger partial charge in [0.2, 0.25) is 5.91 Å². The predicted octanol–water partition coefficient (Wildman–Crippen LogP) is 5.85. The van der Waals surface area contributed by atoms with Crippen LogP contribution in [0.5, 0.6) is 17.2 Å². The smallest absolute Gasteiger partial charge is 0.217 e. The average Bonchev–Trinajstić information content (AvgIpc) is 3.20. The molecule has 0 fully saturated rings. The van der Waals surface area contributed by atoms with Gasteiger partial charge in [0.05, 0.1) is 9.13 Å². The van der Waals surface area contributed by atoms with Crippen molar-refractivity contribution in [1.29, 1.82) is 0 Å². The molecule has 1 amide bonds. The van der Waals surface area contributed by atoms with Gasteiger partial charge >= 0.3 is 0 Å². The van der Waals surface area contributed by atoms with Crippen LogP contribution in [-0.2, 0) is 17.8 Å². The molecule has 0 atom stereocenters. The van der Waals surface area contributed by atoms with Crippen molar-refractivity contribution in [2.45, 2.75) is 38.7 Å². The van der Waals surface area contributed by atoms with Crippen LogP contribution in [0.25, 0.3) is 11.0 Å².